The van der Waals surface area contributed by atoms with E-state index in [1.807, 2.05) is 0 Å². The van der Waals surface area contributed by atoms with Gasteiger partial charge in [-0.05, 0) is 24.5 Å². The van der Waals surface area contributed by atoms with Crippen LogP contribution < -0.4 is 10.6 Å². The van der Waals surface area contributed by atoms with E-state index >= 15 is 0 Å². The molecule has 0 spiro atoms. The SMILES string of the molecule is CCC(CCO)CNc1ccc(C(=O)NC)nn1. The molecule has 1 unspecified atom stereocenters. The molecule has 1 heterocycles. The Hall–Kier alpha value is -1.69. The molecule has 1 amide bonds. The number of amides is 1. The van der Waals surface area contributed by atoms with Crippen LogP contribution in [-0.2, 0) is 0 Å². The maximum absolute atomic E-state index is 11.3. The molecule has 18 heavy (non-hydrogen) atoms. The maximum atomic E-state index is 11.3. The Labute approximate surface area is 107 Å². The summed E-state index contributed by atoms with van der Waals surface area (Å²) in [6.07, 6.45) is 1.77. The van der Waals surface area contributed by atoms with Crippen LogP contribution in [0, 0.1) is 5.92 Å². The third kappa shape index (κ3) is 4.29. The Morgan fingerprint density at radius 1 is 1.44 bits per heavy atom. The molecule has 1 atom stereocenters. The summed E-state index contributed by atoms with van der Waals surface area (Å²) in [5.74, 6) is 0.801. The van der Waals surface area contributed by atoms with Crippen molar-refractivity contribution in [1.29, 1.82) is 0 Å². The van der Waals surface area contributed by atoms with Gasteiger partial charge in [0.15, 0.2) is 5.69 Å². The van der Waals surface area contributed by atoms with E-state index in [0.717, 1.165) is 19.4 Å². The second-order valence-electron chi connectivity index (χ2n) is 4.05. The zero-order valence-corrected chi connectivity index (χ0v) is 10.8. The first-order valence-corrected chi connectivity index (χ1v) is 6.11. The van der Waals surface area contributed by atoms with Gasteiger partial charge in [0, 0.05) is 20.2 Å². The van der Waals surface area contributed by atoms with Crippen LogP contribution in [-0.4, -0.2) is 41.4 Å². The van der Waals surface area contributed by atoms with E-state index < -0.39 is 0 Å². The number of anilines is 1. The number of carbonyl (C=O) groups is 1. The Balaban J connectivity index is 2.50. The number of carbonyl (C=O) groups excluding carboxylic acids is 1. The van der Waals surface area contributed by atoms with Crippen molar-refractivity contribution < 1.29 is 9.90 Å². The Morgan fingerprint density at radius 2 is 2.22 bits per heavy atom. The molecule has 0 bridgehead atoms. The molecule has 3 N–H and O–H groups in total. The van der Waals surface area contributed by atoms with Crippen molar-refractivity contribution >= 4 is 11.7 Å². The number of hydrogen-bond acceptors (Lipinski definition) is 5. The standard InChI is InChI=1S/C12H20N4O2/c1-3-9(6-7-17)8-14-11-5-4-10(15-16-11)12(18)13-2/h4-5,9,17H,3,6-8H2,1-2H3,(H,13,18)(H,14,16). The third-order valence-corrected chi connectivity index (χ3v) is 2.81. The molecule has 0 radical (unpaired) electrons. The minimum Gasteiger partial charge on any atom is -0.396 e. The summed E-state index contributed by atoms with van der Waals surface area (Å²) in [5.41, 5.74) is 0.297. The first-order chi connectivity index (χ1) is 8.71. The molecule has 0 aliphatic heterocycles. The lowest BCUT2D eigenvalue weighted by molar-refractivity contribution is 0.0957. The molecule has 0 aliphatic carbocycles. The van der Waals surface area contributed by atoms with Crippen molar-refractivity contribution in [1.82, 2.24) is 15.5 Å². The molecular weight excluding hydrogens is 232 g/mol. The Morgan fingerprint density at radius 3 is 2.72 bits per heavy atom. The summed E-state index contributed by atoms with van der Waals surface area (Å²) in [6, 6.07) is 3.35. The highest BCUT2D eigenvalue weighted by molar-refractivity contribution is 5.91. The van der Waals surface area contributed by atoms with E-state index in [9.17, 15) is 4.79 Å². The van der Waals surface area contributed by atoms with Crippen LogP contribution in [0.2, 0.25) is 0 Å². The Kier molecular flexibility index (Phi) is 6.07. The normalized spacial score (nSPS) is 11.9. The second-order valence-corrected chi connectivity index (χ2v) is 4.05. The molecule has 0 saturated carbocycles. The van der Waals surface area contributed by atoms with Gasteiger partial charge in [-0.3, -0.25) is 4.79 Å². The van der Waals surface area contributed by atoms with E-state index in [1.54, 1.807) is 19.2 Å². The van der Waals surface area contributed by atoms with Gasteiger partial charge in [0.2, 0.25) is 0 Å². The number of aromatic nitrogens is 2. The van der Waals surface area contributed by atoms with Gasteiger partial charge in [-0.15, -0.1) is 10.2 Å². The fraction of sp³-hybridized carbons (Fsp3) is 0.583. The third-order valence-electron chi connectivity index (χ3n) is 2.81. The number of hydrogen-bond donors (Lipinski definition) is 3. The van der Waals surface area contributed by atoms with Gasteiger partial charge in [-0.25, -0.2) is 0 Å². The van der Waals surface area contributed by atoms with Crippen LogP contribution >= 0.6 is 0 Å². The average Bonchev–Trinajstić information content (AvgIpc) is 2.43. The molecule has 6 heteroatoms. The van der Waals surface area contributed by atoms with E-state index in [1.165, 1.54) is 0 Å². The summed E-state index contributed by atoms with van der Waals surface area (Å²) in [7, 11) is 1.55. The fourth-order valence-corrected chi connectivity index (χ4v) is 1.56. The Bertz CT molecular complexity index is 367. The smallest absolute Gasteiger partial charge is 0.271 e. The van der Waals surface area contributed by atoms with Gasteiger partial charge >= 0.3 is 0 Å². The maximum Gasteiger partial charge on any atom is 0.271 e. The molecule has 0 fully saturated rings. The summed E-state index contributed by atoms with van der Waals surface area (Å²) in [4.78, 5) is 11.3. The summed E-state index contributed by atoms with van der Waals surface area (Å²) in [6.45, 7) is 3.02. The van der Waals surface area contributed by atoms with Crippen LogP contribution in [0.4, 0.5) is 5.82 Å². The molecule has 1 rings (SSSR count). The quantitative estimate of drug-likeness (QED) is 0.663. The first-order valence-electron chi connectivity index (χ1n) is 6.11. The summed E-state index contributed by atoms with van der Waals surface area (Å²) < 4.78 is 0. The molecule has 0 aliphatic rings. The van der Waals surface area contributed by atoms with Crippen molar-refractivity contribution in [3.8, 4) is 0 Å². The molecule has 6 nitrogen and oxygen atoms in total. The molecular formula is C12H20N4O2. The molecule has 0 saturated heterocycles. The number of aliphatic hydroxyl groups is 1. The van der Waals surface area contributed by atoms with Crippen LogP contribution in [0.1, 0.15) is 30.3 Å². The van der Waals surface area contributed by atoms with E-state index in [0.29, 0.717) is 17.4 Å². The fourth-order valence-electron chi connectivity index (χ4n) is 1.56. The lowest BCUT2D eigenvalue weighted by Gasteiger charge is -2.14. The zero-order valence-electron chi connectivity index (χ0n) is 10.8. The first kappa shape index (κ1) is 14.4. The van der Waals surface area contributed by atoms with Crippen molar-refractivity contribution in [3.63, 3.8) is 0 Å². The monoisotopic (exact) mass is 252 g/mol. The van der Waals surface area contributed by atoms with Crippen LogP contribution in [0.5, 0.6) is 0 Å². The predicted octanol–water partition coefficient (Wildman–Crippen LogP) is 0.657. The average molecular weight is 252 g/mol. The number of aliphatic hydroxyl groups excluding tert-OH is 1. The van der Waals surface area contributed by atoms with Gasteiger partial charge in [-0.2, -0.15) is 0 Å². The van der Waals surface area contributed by atoms with E-state index in [4.69, 9.17) is 5.11 Å². The minimum absolute atomic E-state index is 0.196. The largest absolute Gasteiger partial charge is 0.396 e. The molecule has 0 aromatic carbocycles. The van der Waals surface area contributed by atoms with Crippen molar-refractivity contribution in [2.24, 2.45) is 5.92 Å². The van der Waals surface area contributed by atoms with Crippen LogP contribution in [0.25, 0.3) is 0 Å². The summed E-state index contributed by atoms with van der Waals surface area (Å²) in [5, 5.41) is 22.3. The van der Waals surface area contributed by atoms with Crippen LogP contribution in [0.3, 0.4) is 0 Å². The summed E-state index contributed by atoms with van der Waals surface area (Å²) >= 11 is 0. The number of rotatable bonds is 7. The van der Waals surface area contributed by atoms with Gasteiger partial charge in [0.1, 0.15) is 5.82 Å². The topological polar surface area (TPSA) is 87.1 Å². The highest BCUT2D eigenvalue weighted by Crippen LogP contribution is 2.09. The lowest BCUT2D eigenvalue weighted by Crippen LogP contribution is -2.20. The van der Waals surface area contributed by atoms with E-state index in [2.05, 4.69) is 27.8 Å². The highest BCUT2D eigenvalue weighted by Gasteiger charge is 2.08. The minimum atomic E-state index is -0.249. The van der Waals surface area contributed by atoms with Crippen molar-refractivity contribution in [3.05, 3.63) is 17.8 Å². The molecule has 100 valence electrons. The number of nitrogens with one attached hydrogen (secondary N) is 2. The molecule has 1 aromatic rings. The van der Waals surface area contributed by atoms with Gasteiger partial charge in [0.25, 0.3) is 5.91 Å². The van der Waals surface area contributed by atoms with Crippen molar-refractivity contribution in [2.75, 3.05) is 25.5 Å². The van der Waals surface area contributed by atoms with Gasteiger partial charge in [0.05, 0.1) is 0 Å². The number of nitrogens with zero attached hydrogens (tertiary/aromatic N) is 2. The van der Waals surface area contributed by atoms with E-state index in [-0.39, 0.29) is 12.5 Å². The van der Waals surface area contributed by atoms with Gasteiger partial charge in [-0.1, -0.05) is 13.3 Å². The van der Waals surface area contributed by atoms with Crippen molar-refractivity contribution in [2.45, 2.75) is 19.8 Å². The zero-order chi connectivity index (χ0) is 13.4. The second kappa shape index (κ2) is 7.60. The van der Waals surface area contributed by atoms with Crippen LogP contribution in [0.15, 0.2) is 12.1 Å². The highest BCUT2D eigenvalue weighted by atomic mass is 16.3. The lowest BCUT2D eigenvalue weighted by atomic mass is 10.0. The molecule has 1 aromatic heterocycles. The predicted molar refractivity (Wildman–Crippen MR) is 69.4 cm³/mol. The van der Waals surface area contributed by atoms with Gasteiger partial charge < -0.3 is 15.7 Å².